The number of nitrogens with zero attached hydrogens (tertiary/aromatic N) is 2. The van der Waals surface area contributed by atoms with E-state index in [4.69, 9.17) is 0 Å². The molecule has 0 aliphatic heterocycles. The highest BCUT2D eigenvalue weighted by Crippen LogP contribution is 2.47. The number of hydrogen-bond donors (Lipinski definition) is 0. The van der Waals surface area contributed by atoms with E-state index in [1.54, 1.807) is 0 Å². The Morgan fingerprint density at radius 3 is 1.55 bits per heavy atom. The minimum Gasteiger partial charge on any atom is -0.310 e. The van der Waals surface area contributed by atoms with Gasteiger partial charge in [0, 0.05) is 33.4 Å². The zero-order valence-electron chi connectivity index (χ0n) is 33.0. The zero-order chi connectivity index (χ0) is 39.8. The van der Waals surface area contributed by atoms with Crippen LogP contribution in [0, 0.1) is 0 Å². The van der Waals surface area contributed by atoms with Gasteiger partial charge in [0.2, 0.25) is 0 Å². The molecule has 60 heavy (non-hydrogen) atoms. The molecule has 0 aliphatic carbocycles. The summed E-state index contributed by atoms with van der Waals surface area (Å²) in [5.41, 5.74) is 16.1. The van der Waals surface area contributed by atoms with E-state index in [0.29, 0.717) is 0 Å². The highest BCUT2D eigenvalue weighted by atomic mass is 15.1. The number of para-hydroxylation sites is 2. The first-order valence-corrected chi connectivity index (χ1v) is 20.6. The fraction of sp³-hybridized carbons (Fsp3) is 0. The second-order valence-electron chi connectivity index (χ2n) is 15.4. The number of aromatic nitrogens is 1. The molecule has 0 atom stereocenters. The Hall–Kier alpha value is -7.94. The molecule has 0 radical (unpaired) electrons. The van der Waals surface area contributed by atoms with E-state index < -0.39 is 0 Å². The Kier molecular flexibility index (Phi) is 8.87. The van der Waals surface area contributed by atoms with Crippen molar-refractivity contribution in [3.63, 3.8) is 0 Å². The van der Waals surface area contributed by atoms with Gasteiger partial charge in [0.15, 0.2) is 0 Å². The van der Waals surface area contributed by atoms with Crippen molar-refractivity contribution < 1.29 is 0 Å². The lowest BCUT2D eigenvalue weighted by atomic mass is 9.93. The molecule has 0 aliphatic rings. The topological polar surface area (TPSA) is 8.17 Å². The smallest absolute Gasteiger partial charge is 0.0561 e. The molecule has 1 heterocycles. The molecule has 282 valence electrons. The van der Waals surface area contributed by atoms with Crippen molar-refractivity contribution >= 4 is 49.6 Å². The molecule has 0 unspecified atom stereocenters. The number of rotatable bonds is 8. The molecular formula is C58H40N2. The van der Waals surface area contributed by atoms with Crippen LogP contribution in [0.15, 0.2) is 243 Å². The zero-order valence-corrected chi connectivity index (χ0v) is 33.0. The van der Waals surface area contributed by atoms with Crippen molar-refractivity contribution in [2.45, 2.75) is 0 Å². The molecular weight excluding hydrogens is 725 g/mol. The van der Waals surface area contributed by atoms with Crippen LogP contribution in [-0.2, 0) is 0 Å². The third-order valence-corrected chi connectivity index (χ3v) is 11.7. The molecule has 2 heteroatoms. The van der Waals surface area contributed by atoms with E-state index in [1.807, 2.05) is 0 Å². The number of hydrogen-bond acceptors (Lipinski definition) is 1. The Bertz CT molecular complexity index is 3230. The predicted molar refractivity (Wildman–Crippen MR) is 255 cm³/mol. The van der Waals surface area contributed by atoms with Gasteiger partial charge in [-0.2, -0.15) is 0 Å². The SMILES string of the molecule is c1ccc(-c2cc(-c3ccccc3)cc(N(c3ccc4c5ccccc5n(-c5ccccc5)c4c3)c3ccc(-c4cccc5ccccc45)cc3-c3ccccc3)c2)cc1. The monoisotopic (exact) mass is 764 g/mol. The first-order valence-electron chi connectivity index (χ1n) is 20.6. The summed E-state index contributed by atoms with van der Waals surface area (Å²) in [6.45, 7) is 0. The fourth-order valence-corrected chi connectivity index (χ4v) is 8.94. The highest BCUT2D eigenvalue weighted by molar-refractivity contribution is 6.11. The van der Waals surface area contributed by atoms with Gasteiger partial charge in [0.05, 0.1) is 16.7 Å². The normalized spacial score (nSPS) is 11.3. The van der Waals surface area contributed by atoms with E-state index in [9.17, 15) is 0 Å². The van der Waals surface area contributed by atoms with Gasteiger partial charge < -0.3 is 9.47 Å². The molecule has 0 spiro atoms. The molecule has 11 rings (SSSR count). The first kappa shape index (κ1) is 35.2. The standard InChI is InChI=1S/C58H40N2/c1-5-18-41(19-6-1)46-36-47(42-20-7-2-8-21-42)38-50(37-46)59(49-33-34-54-53-29-15-16-31-56(53)60(58(54)40-49)48-26-11-4-12-27-48)57-35-32-45(39-55(57)44-22-9-3-10-23-44)52-30-17-25-43-24-13-14-28-51(43)52/h1-40H. The van der Waals surface area contributed by atoms with Gasteiger partial charge in [0.1, 0.15) is 0 Å². The molecule has 0 saturated heterocycles. The van der Waals surface area contributed by atoms with Crippen LogP contribution in [-0.4, -0.2) is 4.57 Å². The van der Waals surface area contributed by atoms with Crippen LogP contribution in [0.3, 0.4) is 0 Å². The minimum atomic E-state index is 1.07. The molecule has 0 N–H and O–H groups in total. The van der Waals surface area contributed by atoms with Gasteiger partial charge >= 0.3 is 0 Å². The van der Waals surface area contributed by atoms with Crippen molar-refractivity contribution in [1.82, 2.24) is 4.57 Å². The summed E-state index contributed by atoms with van der Waals surface area (Å²) in [5, 5.41) is 4.92. The van der Waals surface area contributed by atoms with Crippen molar-refractivity contribution in [3.05, 3.63) is 243 Å². The lowest BCUT2D eigenvalue weighted by Crippen LogP contribution is -2.12. The molecule has 10 aromatic carbocycles. The van der Waals surface area contributed by atoms with Gasteiger partial charge in [-0.3, -0.25) is 0 Å². The minimum absolute atomic E-state index is 1.07. The third-order valence-electron chi connectivity index (χ3n) is 11.7. The Morgan fingerprint density at radius 2 is 0.850 bits per heavy atom. The van der Waals surface area contributed by atoms with Crippen LogP contribution >= 0.6 is 0 Å². The van der Waals surface area contributed by atoms with Crippen molar-refractivity contribution in [3.8, 4) is 50.2 Å². The molecule has 11 aromatic rings. The maximum Gasteiger partial charge on any atom is 0.0561 e. The highest BCUT2D eigenvalue weighted by Gasteiger charge is 2.22. The third kappa shape index (κ3) is 6.32. The maximum absolute atomic E-state index is 2.47. The molecule has 0 bridgehead atoms. The average Bonchev–Trinajstić information content (AvgIpc) is 3.66. The van der Waals surface area contributed by atoms with E-state index in [2.05, 4.69) is 252 Å². The Labute approximate surface area is 350 Å². The predicted octanol–water partition coefficient (Wildman–Crippen LogP) is 16.1. The Morgan fingerprint density at radius 1 is 0.283 bits per heavy atom. The summed E-state index contributed by atoms with van der Waals surface area (Å²) >= 11 is 0. The van der Waals surface area contributed by atoms with Gasteiger partial charge in [-0.1, -0.05) is 182 Å². The van der Waals surface area contributed by atoms with E-state index in [-0.39, 0.29) is 0 Å². The second-order valence-corrected chi connectivity index (χ2v) is 15.4. The van der Waals surface area contributed by atoms with Gasteiger partial charge in [-0.05, 0) is 110 Å². The van der Waals surface area contributed by atoms with Gasteiger partial charge in [-0.15, -0.1) is 0 Å². The Balaban J connectivity index is 1.22. The van der Waals surface area contributed by atoms with Crippen LogP contribution in [0.1, 0.15) is 0 Å². The van der Waals surface area contributed by atoms with Crippen LogP contribution in [0.5, 0.6) is 0 Å². The fourth-order valence-electron chi connectivity index (χ4n) is 8.94. The first-order chi connectivity index (χ1) is 29.8. The van der Waals surface area contributed by atoms with Gasteiger partial charge in [-0.25, -0.2) is 0 Å². The molecule has 0 saturated carbocycles. The molecule has 2 nitrogen and oxygen atoms in total. The number of anilines is 3. The summed E-state index contributed by atoms with van der Waals surface area (Å²) in [7, 11) is 0. The van der Waals surface area contributed by atoms with E-state index >= 15 is 0 Å². The van der Waals surface area contributed by atoms with E-state index in [1.165, 1.54) is 49.3 Å². The summed E-state index contributed by atoms with van der Waals surface area (Å²) in [4.78, 5) is 2.47. The van der Waals surface area contributed by atoms with Crippen molar-refractivity contribution in [2.24, 2.45) is 0 Å². The largest absolute Gasteiger partial charge is 0.310 e. The van der Waals surface area contributed by atoms with E-state index in [0.717, 1.165) is 50.5 Å². The summed E-state index contributed by atoms with van der Waals surface area (Å²) in [6, 6.07) is 88.1. The second kappa shape index (κ2) is 15.1. The van der Waals surface area contributed by atoms with Crippen molar-refractivity contribution in [2.75, 3.05) is 4.90 Å². The summed E-state index contributed by atoms with van der Waals surface area (Å²) < 4.78 is 2.41. The van der Waals surface area contributed by atoms with Crippen LogP contribution in [0.25, 0.3) is 82.8 Å². The lowest BCUT2D eigenvalue weighted by Gasteiger charge is -2.30. The quantitative estimate of drug-likeness (QED) is 0.150. The molecule has 0 fully saturated rings. The maximum atomic E-state index is 2.47. The van der Waals surface area contributed by atoms with Crippen molar-refractivity contribution in [1.29, 1.82) is 0 Å². The molecule has 0 amide bonds. The summed E-state index contributed by atoms with van der Waals surface area (Å²) in [5.74, 6) is 0. The lowest BCUT2D eigenvalue weighted by molar-refractivity contribution is 1.18. The average molecular weight is 765 g/mol. The van der Waals surface area contributed by atoms with Crippen LogP contribution in [0.4, 0.5) is 17.1 Å². The number of fused-ring (bicyclic) bond motifs is 4. The van der Waals surface area contributed by atoms with Crippen LogP contribution < -0.4 is 4.90 Å². The van der Waals surface area contributed by atoms with Crippen LogP contribution in [0.2, 0.25) is 0 Å². The summed E-state index contributed by atoms with van der Waals surface area (Å²) in [6.07, 6.45) is 0. The van der Waals surface area contributed by atoms with Gasteiger partial charge in [0.25, 0.3) is 0 Å². The number of benzene rings is 10. The molecule has 1 aromatic heterocycles.